The van der Waals surface area contributed by atoms with Gasteiger partial charge >= 0.3 is 5.97 Å². The van der Waals surface area contributed by atoms with Crippen molar-refractivity contribution in [1.82, 2.24) is 9.62 Å². The van der Waals surface area contributed by atoms with E-state index in [2.05, 4.69) is 5.32 Å². The fraction of sp³-hybridized carbons (Fsp3) is 0.333. The first kappa shape index (κ1) is 24.2. The molecule has 2 rings (SSSR count). The number of carbonyl (C=O) groups is 2. The predicted molar refractivity (Wildman–Crippen MR) is 114 cm³/mol. The topological polar surface area (TPSA) is 111 Å². The highest BCUT2D eigenvalue weighted by Gasteiger charge is 2.20. The Morgan fingerprint density at radius 3 is 2.10 bits per heavy atom. The van der Waals surface area contributed by atoms with Crippen LogP contribution in [0.3, 0.4) is 0 Å². The maximum absolute atomic E-state index is 12.3. The molecule has 2 aromatic rings. The first-order chi connectivity index (χ1) is 14.6. The van der Waals surface area contributed by atoms with Crippen LogP contribution in [-0.2, 0) is 19.6 Å². The van der Waals surface area contributed by atoms with Gasteiger partial charge < -0.3 is 19.5 Å². The van der Waals surface area contributed by atoms with Crippen LogP contribution < -0.4 is 14.8 Å². The molecule has 0 spiro atoms. The molecule has 31 heavy (non-hydrogen) atoms. The number of esters is 1. The van der Waals surface area contributed by atoms with Gasteiger partial charge in [0.1, 0.15) is 30.8 Å². The summed E-state index contributed by atoms with van der Waals surface area (Å²) in [5.41, 5.74) is 0.222. The Morgan fingerprint density at radius 2 is 1.55 bits per heavy atom. The van der Waals surface area contributed by atoms with Crippen molar-refractivity contribution in [3.8, 4) is 11.5 Å². The molecule has 0 fully saturated rings. The summed E-state index contributed by atoms with van der Waals surface area (Å²) in [4.78, 5) is 24.4. The van der Waals surface area contributed by atoms with E-state index in [0.717, 1.165) is 4.31 Å². The van der Waals surface area contributed by atoms with Crippen LogP contribution in [0.25, 0.3) is 0 Å². The third kappa shape index (κ3) is 6.69. The van der Waals surface area contributed by atoms with E-state index in [1.54, 1.807) is 31.4 Å². The Balaban J connectivity index is 1.80. The lowest BCUT2D eigenvalue weighted by atomic mass is 10.2. The van der Waals surface area contributed by atoms with E-state index in [9.17, 15) is 18.0 Å². The van der Waals surface area contributed by atoms with Gasteiger partial charge in [-0.2, -0.15) is 0 Å². The number of carbonyl (C=O) groups excluding carboxylic acids is 2. The van der Waals surface area contributed by atoms with Crippen molar-refractivity contribution in [2.24, 2.45) is 0 Å². The predicted octanol–water partition coefficient (Wildman–Crippen LogP) is 1.69. The van der Waals surface area contributed by atoms with Crippen molar-refractivity contribution in [2.45, 2.75) is 17.9 Å². The minimum Gasteiger partial charge on any atom is -0.497 e. The first-order valence-corrected chi connectivity index (χ1v) is 10.9. The standard InChI is InChI=1S/C21H26N2O7S/c1-15(21(25)30-14-13-29-18-9-7-17(28-4)8-10-18)22-20(24)16-5-11-19(12-6-16)31(26,27)23(2)3/h5-12,15H,13-14H2,1-4H3,(H,22,24). The Bertz CT molecular complexity index is 987. The maximum atomic E-state index is 12.3. The molecule has 0 aliphatic rings. The van der Waals surface area contributed by atoms with E-state index in [4.69, 9.17) is 14.2 Å². The average Bonchev–Trinajstić information content (AvgIpc) is 2.76. The van der Waals surface area contributed by atoms with E-state index in [1.165, 1.54) is 45.3 Å². The van der Waals surface area contributed by atoms with E-state index >= 15 is 0 Å². The molecule has 0 aliphatic heterocycles. The van der Waals surface area contributed by atoms with Crippen molar-refractivity contribution in [3.63, 3.8) is 0 Å². The molecule has 10 heteroatoms. The molecule has 1 amide bonds. The SMILES string of the molecule is COc1ccc(OCCOC(=O)C(C)NC(=O)c2ccc(S(=O)(=O)N(C)C)cc2)cc1. The number of nitrogens with one attached hydrogen (secondary N) is 1. The van der Waals surface area contributed by atoms with Gasteiger partial charge in [0.05, 0.1) is 12.0 Å². The van der Waals surface area contributed by atoms with Gasteiger partial charge in [-0.05, 0) is 55.5 Å². The van der Waals surface area contributed by atoms with Crippen LogP contribution in [-0.4, -0.2) is 65.1 Å². The van der Waals surface area contributed by atoms with Crippen LogP contribution in [0, 0.1) is 0 Å². The number of sulfonamides is 1. The highest BCUT2D eigenvalue weighted by atomic mass is 32.2. The lowest BCUT2D eigenvalue weighted by Crippen LogP contribution is -2.40. The number of hydrogen-bond acceptors (Lipinski definition) is 7. The zero-order valence-corrected chi connectivity index (χ0v) is 18.6. The minimum absolute atomic E-state index is 0.0160. The Labute approximate surface area is 182 Å². The van der Waals surface area contributed by atoms with Crippen LogP contribution in [0.4, 0.5) is 0 Å². The molecular formula is C21H26N2O7S. The molecule has 0 aliphatic carbocycles. The van der Waals surface area contributed by atoms with Crippen molar-refractivity contribution >= 4 is 21.9 Å². The Kier molecular flexibility index (Phi) is 8.40. The molecule has 0 radical (unpaired) electrons. The van der Waals surface area contributed by atoms with Crippen LogP contribution in [0.2, 0.25) is 0 Å². The monoisotopic (exact) mass is 450 g/mol. The van der Waals surface area contributed by atoms with Gasteiger partial charge in [-0.3, -0.25) is 4.79 Å². The number of amides is 1. The summed E-state index contributed by atoms with van der Waals surface area (Å²) in [7, 11) is 0.830. The number of benzene rings is 2. The largest absolute Gasteiger partial charge is 0.497 e. The van der Waals surface area contributed by atoms with E-state index in [-0.39, 0.29) is 23.7 Å². The van der Waals surface area contributed by atoms with Gasteiger partial charge in [0.2, 0.25) is 10.0 Å². The summed E-state index contributed by atoms with van der Waals surface area (Å²) in [6.45, 7) is 1.66. The summed E-state index contributed by atoms with van der Waals surface area (Å²) >= 11 is 0. The second kappa shape index (κ2) is 10.8. The smallest absolute Gasteiger partial charge is 0.328 e. The summed E-state index contributed by atoms with van der Waals surface area (Å²) < 4.78 is 40.9. The molecule has 1 unspecified atom stereocenters. The van der Waals surface area contributed by atoms with Crippen molar-refractivity contribution < 1.29 is 32.2 Å². The summed E-state index contributed by atoms with van der Waals surface area (Å²) in [5.74, 6) is 0.182. The highest BCUT2D eigenvalue weighted by molar-refractivity contribution is 7.89. The molecule has 0 saturated carbocycles. The first-order valence-electron chi connectivity index (χ1n) is 9.42. The fourth-order valence-electron chi connectivity index (χ4n) is 2.43. The third-order valence-corrected chi connectivity index (χ3v) is 6.08. The van der Waals surface area contributed by atoms with Gasteiger partial charge in [-0.15, -0.1) is 0 Å². The van der Waals surface area contributed by atoms with Crippen molar-refractivity contribution in [2.75, 3.05) is 34.4 Å². The number of ether oxygens (including phenoxy) is 3. The number of rotatable bonds is 10. The molecule has 9 nitrogen and oxygen atoms in total. The van der Waals surface area contributed by atoms with Crippen LogP contribution in [0.5, 0.6) is 11.5 Å². The summed E-state index contributed by atoms with van der Waals surface area (Å²) in [5, 5.41) is 2.52. The fourth-order valence-corrected chi connectivity index (χ4v) is 3.33. The highest BCUT2D eigenvalue weighted by Crippen LogP contribution is 2.17. The second-order valence-corrected chi connectivity index (χ2v) is 8.85. The summed E-state index contributed by atoms with van der Waals surface area (Å²) in [6, 6.07) is 11.5. The second-order valence-electron chi connectivity index (χ2n) is 6.70. The molecule has 0 bridgehead atoms. The van der Waals surface area contributed by atoms with E-state index in [0.29, 0.717) is 11.5 Å². The molecule has 1 atom stereocenters. The van der Waals surface area contributed by atoms with Crippen LogP contribution in [0.15, 0.2) is 53.4 Å². The quantitative estimate of drug-likeness (QED) is 0.433. The Morgan fingerprint density at radius 1 is 0.968 bits per heavy atom. The van der Waals surface area contributed by atoms with Gasteiger partial charge in [-0.25, -0.2) is 17.5 Å². The average molecular weight is 451 g/mol. The lowest BCUT2D eigenvalue weighted by molar-refractivity contribution is -0.146. The molecule has 0 heterocycles. The molecule has 0 aromatic heterocycles. The molecule has 168 valence electrons. The lowest BCUT2D eigenvalue weighted by Gasteiger charge is -2.14. The molecule has 1 N–H and O–H groups in total. The van der Waals surface area contributed by atoms with Gasteiger partial charge in [0.25, 0.3) is 5.91 Å². The summed E-state index contributed by atoms with van der Waals surface area (Å²) in [6.07, 6.45) is 0. The number of nitrogens with zero attached hydrogens (tertiary/aromatic N) is 1. The zero-order chi connectivity index (χ0) is 23.0. The van der Waals surface area contributed by atoms with Crippen LogP contribution in [0.1, 0.15) is 17.3 Å². The normalized spacial score (nSPS) is 12.2. The Hall–Kier alpha value is -3.11. The number of hydrogen-bond donors (Lipinski definition) is 1. The van der Waals surface area contributed by atoms with Crippen LogP contribution >= 0.6 is 0 Å². The molecule has 0 saturated heterocycles. The van der Waals surface area contributed by atoms with Crippen molar-refractivity contribution in [1.29, 1.82) is 0 Å². The minimum atomic E-state index is -3.58. The zero-order valence-electron chi connectivity index (χ0n) is 17.8. The molecule has 2 aromatic carbocycles. The third-order valence-electron chi connectivity index (χ3n) is 4.25. The maximum Gasteiger partial charge on any atom is 0.328 e. The van der Waals surface area contributed by atoms with Gasteiger partial charge in [0, 0.05) is 19.7 Å². The number of methoxy groups -OCH3 is 1. The van der Waals surface area contributed by atoms with Crippen molar-refractivity contribution in [3.05, 3.63) is 54.1 Å². The van der Waals surface area contributed by atoms with E-state index < -0.39 is 27.9 Å². The van der Waals surface area contributed by atoms with Gasteiger partial charge in [-0.1, -0.05) is 0 Å². The molecular weight excluding hydrogens is 424 g/mol. The van der Waals surface area contributed by atoms with Gasteiger partial charge in [0.15, 0.2) is 0 Å². The van der Waals surface area contributed by atoms with E-state index in [1.807, 2.05) is 0 Å².